The average molecular weight is 468 g/mol. The summed E-state index contributed by atoms with van der Waals surface area (Å²) < 4.78 is 35.1. The van der Waals surface area contributed by atoms with E-state index in [1.807, 2.05) is 0 Å². The smallest absolute Gasteiger partial charge is 0.343 e. The highest BCUT2D eigenvalue weighted by atomic mass is 35.5. The first-order valence-electron chi connectivity index (χ1n) is 8.95. The van der Waals surface area contributed by atoms with Crippen LogP contribution in [0, 0.1) is 6.92 Å². The molecule has 1 N–H and O–H groups in total. The van der Waals surface area contributed by atoms with Crippen LogP contribution in [-0.2, 0) is 24.3 Å². The van der Waals surface area contributed by atoms with Gasteiger partial charge in [0.2, 0.25) is 10.0 Å². The molecule has 0 radical (unpaired) electrons. The van der Waals surface area contributed by atoms with E-state index < -0.39 is 28.4 Å². The van der Waals surface area contributed by atoms with E-state index >= 15 is 0 Å². The molecule has 0 spiro atoms. The van der Waals surface area contributed by atoms with Crippen molar-refractivity contribution in [3.63, 3.8) is 0 Å². The van der Waals surface area contributed by atoms with E-state index in [-0.39, 0.29) is 6.61 Å². The Morgan fingerprint density at radius 2 is 1.87 bits per heavy atom. The summed E-state index contributed by atoms with van der Waals surface area (Å²) in [7, 11) is -2.46. The number of methoxy groups -OCH3 is 1. The van der Waals surface area contributed by atoms with Gasteiger partial charge in [-0.2, -0.15) is 5.10 Å². The fraction of sp³-hybridized carbons (Fsp3) is 0.250. The maximum absolute atomic E-state index is 12.3. The number of carbonyl (C=O) groups is 2. The maximum Gasteiger partial charge on any atom is 0.343 e. The van der Waals surface area contributed by atoms with Gasteiger partial charge >= 0.3 is 5.97 Å². The second-order valence-electron chi connectivity index (χ2n) is 6.43. The van der Waals surface area contributed by atoms with E-state index in [1.54, 1.807) is 43.3 Å². The number of sulfonamides is 1. The van der Waals surface area contributed by atoms with Gasteiger partial charge in [-0.3, -0.25) is 9.10 Å². The van der Waals surface area contributed by atoms with Crippen molar-refractivity contribution in [2.75, 3.05) is 30.8 Å². The van der Waals surface area contributed by atoms with Crippen LogP contribution in [0.15, 0.2) is 47.6 Å². The highest BCUT2D eigenvalue weighted by Gasteiger charge is 2.22. The Kier molecular flexibility index (Phi) is 8.40. The van der Waals surface area contributed by atoms with Gasteiger partial charge in [0.1, 0.15) is 12.3 Å². The summed E-state index contributed by atoms with van der Waals surface area (Å²) in [5.74, 6) is -0.657. The van der Waals surface area contributed by atoms with E-state index in [4.69, 9.17) is 16.3 Å². The molecule has 0 unspecified atom stereocenters. The predicted molar refractivity (Wildman–Crippen MR) is 118 cm³/mol. The van der Waals surface area contributed by atoms with Crippen LogP contribution < -0.4 is 14.5 Å². The summed E-state index contributed by atoms with van der Waals surface area (Å²) in [5, 5.41) is 4.19. The first-order chi connectivity index (χ1) is 14.6. The molecule has 2 aromatic rings. The molecule has 9 nitrogen and oxygen atoms in total. The zero-order valence-corrected chi connectivity index (χ0v) is 18.7. The van der Waals surface area contributed by atoms with Crippen LogP contribution in [0.25, 0.3) is 0 Å². The Morgan fingerprint density at radius 1 is 1.19 bits per heavy atom. The normalized spacial score (nSPS) is 11.2. The first kappa shape index (κ1) is 24.2. The molecule has 0 aromatic heterocycles. The highest BCUT2D eigenvalue weighted by molar-refractivity contribution is 7.92. The highest BCUT2D eigenvalue weighted by Crippen LogP contribution is 2.26. The lowest BCUT2D eigenvalue weighted by atomic mass is 10.2. The Hall–Kier alpha value is -3.11. The van der Waals surface area contributed by atoms with Gasteiger partial charge in [0.25, 0.3) is 5.91 Å². The van der Waals surface area contributed by atoms with Crippen LogP contribution in [0.1, 0.15) is 11.1 Å². The molecule has 0 saturated heterocycles. The van der Waals surface area contributed by atoms with Crippen LogP contribution >= 0.6 is 11.6 Å². The summed E-state index contributed by atoms with van der Waals surface area (Å²) in [6.45, 7) is 1.05. The summed E-state index contributed by atoms with van der Waals surface area (Å²) >= 11 is 5.98. The monoisotopic (exact) mass is 467 g/mol. The molecule has 166 valence electrons. The number of nitrogens with zero attached hydrogens (tertiary/aromatic N) is 2. The minimum absolute atomic E-state index is 0.205. The summed E-state index contributed by atoms with van der Waals surface area (Å²) in [5.41, 5.74) is 3.92. The van der Waals surface area contributed by atoms with E-state index in [0.29, 0.717) is 27.6 Å². The van der Waals surface area contributed by atoms with E-state index in [1.165, 1.54) is 19.4 Å². The molecule has 2 rings (SSSR count). The lowest BCUT2D eigenvalue weighted by Gasteiger charge is -2.23. The molecule has 0 atom stereocenters. The molecule has 0 aliphatic heterocycles. The number of amides is 1. The Balaban J connectivity index is 2.00. The predicted octanol–water partition coefficient (Wildman–Crippen LogP) is 2.12. The number of hydrogen-bond acceptors (Lipinski definition) is 7. The minimum atomic E-state index is -3.73. The van der Waals surface area contributed by atoms with E-state index in [9.17, 15) is 18.0 Å². The van der Waals surface area contributed by atoms with Crippen LogP contribution in [0.4, 0.5) is 5.69 Å². The van der Waals surface area contributed by atoms with E-state index in [2.05, 4.69) is 15.3 Å². The van der Waals surface area contributed by atoms with Crippen molar-refractivity contribution < 1.29 is 27.5 Å². The van der Waals surface area contributed by atoms with Crippen molar-refractivity contribution in [2.45, 2.75) is 6.92 Å². The number of carbonyl (C=O) groups excluding carboxylic acids is 2. The third-order valence-electron chi connectivity index (χ3n) is 3.99. The number of benzene rings is 2. The molecule has 0 bridgehead atoms. The number of anilines is 1. The van der Waals surface area contributed by atoms with Gasteiger partial charge in [-0.05, 0) is 54.4 Å². The van der Waals surface area contributed by atoms with Crippen molar-refractivity contribution in [3.8, 4) is 5.75 Å². The fourth-order valence-electron chi connectivity index (χ4n) is 2.43. The molecular weight excluding hydrogens is 446 g/mol. The number of aryl methyl sites for hydroxylation is 1. The van der Waals surface area contributed by atoms with Gasteiger partial charge in [-0.25, -0.2) is 18.6 Å². The van der Waals surface area contributed by atoms with Crippen LogP contribution in [0.2, 0.25) is 5.02 Å². The number of rotatable bonds is 9. The van der Waals surface area contributed by atoms with Gasteiger partial charge < -0.3 is 9.47 Å². The minimum Gasteiger partial charge on any atom is -0.482 e. The molecule has 0 aliphatic rings. The van der Waals surface area contributed by atoms with Gasteiger partial charge in [0, 0.05) is 5.02 Å². The zero-order chi connectivity index (χ0) is 23.0. The van der Waals surface area contributed by atoms with E-state index in [0.717, 1.165) is 10.6 Å². The van der Waals surface area contributed by atoms with Crippen LogP contribution in [0.5, 0.6) is 5.75 Å². The number of nitrogens with one attached hydrogen (secondary N) is 1. The van der Waals surface area contributed by atoms with Gasteiger partial charge in [0.15, 0.2) is 6.61 Å². The van der Waals surface area contributed by atoms with Crippen LogP contribution in [-0.4, -0.2) is 53.0 Å². The number of esters is 1. The zero-order valence-electron chi connectivity index (χ0n) is 17.2. The molecule has 31 heavy (non-hydrogen) atoms. The molecule has 0 heterocycles. The van der Waals surface area contributed by atoms with Crippen molar-refractivity contribution in [3.05, 3.63) is 58.6 Å². The molecular formula is C20H22ClN3O6S. The lowest BCUT2D eigenvalue weighted by molar-refractivity contribution is -0.142. The Labute approximate surface area is 185 Å². The largest absolute Gasteiger partial charge is 0.482 e. The van der Waals surface area contributed by atoms with Gasteiger partial charge in [-0.15, -0.1) is 0 Å². The lowest BCUT2D eigenvalue weighted by Crippen LogP contribution is -2.39. The third-order valence-corrected chi connectivity index (χ3v) is 5.36. The Bertz CT molecular complexity index is 1070. The van der Waals surface area contributed by atoms with Crippen molar-refractivity contribution in [2.24, 2.45) is 5.10 Å². The van der Waals surface area contributed by atoms with Gasteiger partial charge in [0.05, 0.1) is 25.3 Å². The summed E-state index contributed by atoms with van der Waals surface area (Å²) in [6.07, 6.45) is 2.39. The Morgan fingerprint density at radius 3 is 2.48 bits per heavy atom. The summed E-state index contributed by atoms with van der Waals surface area (Å²) in [6, 6.07) is 11.4. The molecule has 0 saturated carbocycles. The first-order valence-corrected chi connectivity index (χ1v) is 11.2. The summed E-state index contributed by atoms with van der Waals surface area (Å²) in [4.78, 5) is 23.3. The number of halogens is 1. The van der Waals surface area contributed by atoms with Gasteiger partial charge in [-0.1, -0.05) is 17.7 Å². The standard InChI is InChI=1S/C20H22ClN3O6S/c1-14-4-7-16(21)10-18(14)24(31(3,27)28)12-19(25)23-22-11-15-5-8-17(9-6-15)30-13-20(26)29-2/h4-11H,12-13H2,1-3H3,(H,23,25). The molecule has 1 amide bonds. The van der Waals surface area contributed by atoms with Crippen LogP contribution in [0.3, 0.4) is 0 Å². The second-order valence-corrected chi connectivity index (χ2v) is 8.77. The average Bonchev–Trinajstić information content (AvgIpc) is 2.72. The third kappa shape index (κ3) is 7.58. The molecule has 11 heteroatoms. The maximum atomic E-state index is 12.3. The quantitative estimate of drug-likeness (QED) is 0.343. The SMILES string of the molecule is COC(=O)COc1ccc(C=NNC(=O)CN(c2cc(Cl)ccc2C)S(C)(=O)=O)cc1. The topological polar surface area (TPSA) is 114 Å². The molecule has 0 aliphatic carbocycles. The molecule has 2 aromatic carbocycles. The van der Waals surface area contributed by atoms with Crippen molar-refractivity contribution in [1.82, 2.24) is 5.43 Å². The number of ether oxygens (including phenoxy) is 2. The van der Waals surface area contributed by atoms with Crippen molar-refractivity contribution in [1.29, 1.82) is 0 Å². The second kappa shape index (κ2) is 10.8. The number of hydrazone groups is 1. The van der Waals surface area contributed by atoms with Crippen molar-refractivity contribution >= 4 is 45.4 Å². The fourth-order valence-corrected chi connectivity index (χ4v) is 3.50. The number of hydrogen-bond donors (Lipinski definition) is 1. The molecule has 0 fully saturated rings.